The summed E-state index contributed by atoms with van der Waals surface area (Å²) < 4.78 is 5.45. The van der Waals surface area contributed by atoms with E-state index in [0.717, 1.165) is 41.4 Å². The number of benzene rings is 1. The molecule has 1 aliphatic heterocycles. The van der Waals surface area contributed by atoms with Crippen molar-refractivity contribution in [2.24, 2.45) is 0 Å². The normalized spacial score (nSPS) is 17.3. The lowest BCUT2D eigenvalue weighted by Gasteiger charge is -2.18. The Morgan fingerprint density at radius 1 is 1.32 bits per heavy atom. The summed E-state index contributed by atoms with van der Waals surface area (Å²) in [5, 5.41) is 0.683. The number of hydrogen-bond donors (Lipinski definition) is 2. The van der Waals surface area contributed by atoms with Crippen LogP contribution in [0.3, 0.4) is 0 Å². The first kappa shape index (κ1) is 16.1. The Labute approximate surface area is 150 Å². The number of nitrogen functional groups attached to an aromatic ring is 1. The largest absolute Gasteiger partial charge is 0.381 e. The van der Waals surface area contributed by atoms with Crippen molar-refractivity contribution in [2.75, 3.05) is 30.9 Å². The third-order valence-corrected chi connectivity index (χ3v) is 4.60. The monoisotopic (exact) mass is 358 g/mol. The minimum absolute atomic E-state index is 0.280. The van der Waals surface area contributed by atoms with Crippen LogP contribution in [0.4, 0.5) is 11.8 Å². The van der Waals surface area contributed by atoms with Gasteiger partial charge in [0, 0.05) is 30.7 Å². The first-order chi connectivity index (χ1) is 12.1. The Bertz CT molecular complexity index is 905. The van der Waals surface area contributed by atoms with Crippen LogP contribution in [0.5, 0.6) is 0 Å². The highest BCUT2D eigenvalue weighted by atomic mass is 35.5. The molecule has 3 aromatic rings. The van der Waals surface area contributed by atoms with Crippen LogP contribution in [0.1, 0.15) is 23.9 Å². The topological polar surface area (TPSA) is 93.0 Å². The molecule has 1 aromatic carbocycles. The summed E-state index contributed by atoms with van der Waals surface area (Å²) >= 11 is 6.03. The molecule has 130 valence electrons. The number of fused-ring (bicyclic) bond motifs is 1. The number of imidazole rings is 1. The predicted molar refractivity (Wildman–Crippen MR) is 97.8 cm³/mol. The van der Waals surface area contributed by atoms with Crippen molar-refractivity contribution < 1.29 is 4.74 Å². The van der Waals surface area contributed by atoms with Crippen LogP contribution in [-0.2, 0) is 11.3 Å². The van der Waals surface area contributed by atoms with E-state index in [1.54, 1.807) is 0 Å². The minimum atomic E-state index is 0.280. The first-order valence-corrected chi connectivity index (χ1v) is 8.54. The molecule has 0 amide bonds. The molecule has 0 unspecified atom stereocenters. The van der Waals surface area contributed by atoms with Crippen molar-refractivity contribution in [1.29, 1.82) is 0 Å². The Morgan fingerprint density at radius 3 is 3.00 bits per heavy atom. The number of nitrogens with zero attached hydrogens (tertiary/aromatic N) is 4. The van der Waals surface area contributed by atoms with Gasteiger partial charge >= 0.3 is 0 Å². The molecule has 1 fully saturated rings. The average molecular weight is 359 g/mol. The van der Waals surface area contributed by atoms with Gasteiger partial charge in [-0.05, 0) is 24.6 Å². The number of ether oxygens (including phenoxy) is 1. The lowest BCUT2D eigenvalue weighted by molar-refractivity contribution is 0.193. The fraction of sp³-hybridized carbons (Fsp3) is 0.353. The second-order valence-corrected chi connectivity index (χ2v) is 6.71. The molecule has 0 saturated carbocycles. The molecule has 0 spiro atoms. The Hall–Kier alpha value is -2.38. The number of H-pyrrole nitrogens is 1. The van der Waals surface area contributed by atoms with Crippen LogP contribution in [0.2, 0.25) is 5.02 Å². The lowest BCUT2D eigenvalue weighted by atomic mass is 10.0. The van der Waals surface area contributed by atoms with Gasteiger partial charge in [-0.2, -0.15) is 4.98 Å². The van der Waals surface area contributed by atoms with Crippen LogP contribution < -0.4 is 10.6 Å². The fourth-order valence-electron chi connectivity index (χ4n) is 3.06. The summed E-state index contributed by atoms with van der Waals surface area (Å²) in [6, 6.07) is 7.58. The summed E-state index contributed by atoms with van der Waals surface area (Å²) in [6.07, 6.45) is 0.962. The Morgan fingerprint density at radius 2 is 2.20 bits per heavy atom. The van der Waals surface area contributed by atoms with Crippen LogP contribution >= 0.6 is 11.6 Å². The molecule has 7 nitrogen and oxygen atoms in total. The summed E-state index contributed by atoms with van der Waals surface area (Å²) in [7, 11) is 1.96. The molecule has 1 atom stereocenters. The predicted octanol–water partition coefficient (Wildman–Crippen LogP) is 2.73. The van der Waals surface area contributed by atoms with Crippen molar-refractivity contribution >= 4 is 34.4 Å². The second kappa shape index (κ2) is 6.50. The van der Waals surface area contributed by atoms with Gasteiger partial charge in [0.2, 0.25) is 5.95 Å². The van der Waals surface area contributed by atoms with Crippen molar-refractivity contribution in [3.8, 4) is 0 Å². The second-order valence-electron chi connectivity index (χ2n) is 6.27. The van der Waals surface area contributed by atoms with Gasteiger partial charge in [0.25, 0.3) is 0 Å². The zero-order valence-electron chi connectivity index (χ0n) is 13.9. The van der Waals surface area contributed by atoms with Crippen LogP contribution in [0.25, 0.3) is 11.0 Å². The highest BCUT2D eigenvalue weighted by molar-refractivity contribution is 6.31. The van der Waals surface area contributed by atoms with E-state index in [9.17, 15) is 0 Å². The van der Waals surface area contributed by atoms with E-state index in [1.165, 1.54) is 0 Å². The molecule has 1 aliphatic rings. The third-order valence-electron chi connectivity index (χ3n) is 4.37. The SMILES string of the molecule is CN(Cc1nc2ccc(Cl)cc2[nH]1)c1cc([C@H]2CCOC2)nc(N)n1. The Kier molecular flexibility index (Phi) is 4.19. The number of rotatable bonds is 4. The highest BCUT2D eigenvalue weighted by Crippen LogP contribution is 2.27. The van der Waals surface area contributed by atoms with Crippen molar-refractivity contribution in [1.82, 2.24) is 19.9 Å². The number of anilines is 2. The van der Waals surface area contributed by atoms with E-state index in [2.05, 4.69) is 19.9 Å². The van der Waals surface area contributed by atoms with E-state index in [1.807, 2.05) is 36.2 Å². The molecule has 0 radical (unpaired) electrons. The quantitative estimate of drug-likeness (QED) is 0.744. The molecule has 0 bridgehead atoms. The van der Waals surface area contributed by atoms with Gasteiger partial charge in [-0.3, -0.25) is 0 Å². The number of aromatic nitrogens is 4. The van der Waals surface area contributed by atoms with Gasteiger partial charge in [0.15, 0.2) is 0 Å². The highest BCUT2D eigenvalue weighted by Gasteiger charge is 2.21. The zero-order valence-corrected chi connectivity index (χ0v) is 14.6. The van der Waals surface area contributed by atoms with Crippen molar-refractivity contribution in [3.63, 3.8) is 0 Å². The summed E-state index contributed by atoms with van der Waals surface area (Å²) in [5.41, 5.74) is 8.65. The maximum absolute atomic E-state index is 6.03. The number of hydrogen-bond acceptors (Lipinski definition) is 6. The number of nitrogens with one attached hydrogen (secondary N) is 1. The standard InChI is InChI=1S/C17H19ClN6O/c1-24(8-15-20-12-3-2-11(18)6-14(12)21-15)16-7-13(22-17(19)23-16)10-4-5-25-9-10/h2-3,6-7,10H,4-5,8-9H2,1H3,(H,20,21)(H2,19,22,23)/t10-/m0/s1. The van der Waals surface area contributed by atoms with E-state index in [-0.39, 0.29) is 11.9 Å². The first-order valence-electron chi connectivity index (χ1n) is 8.16. The summed E-state index contributed by atoms with van der Waals surface area (Å²) in [5.74, 6) is 2.17. The third kappa shape index (κ3) is 3.38. The molecular formula is C17H19ClN6O. The molecule has 2 aromatic heterocycles. The molecule has 8 heteroatoms. The van der Waals surface area contributed by atoms with Gasteiger partial charge in [0.05, 0.1) is 29.9 Å². The van der Waals surface area contributed by atoms with Gasteiger partial charge in [-0.1, -0.05) is 11.6 Å². The van der Waals surface area contributed by atoms with E-state index in [0.29, 0.717) is 18.2 Å². The van der Waals surface area contributed by atoms with Crippen molar-refractivity contribution in [2.45, 2.75) is 18.9 Å². The molecule has 0 aliphatic carbocycles. The molecule has 3 N–H and O–H groups in total. The van der Waals surface area contributed by atoms with Gasteiger partial charge in [-0.25, -0.2) is 9.97 Å². The number of aromatic amines is 1. The van der Waals surface area contributed by atoms with Crippen LogP contribution in [0, 0.1) is 0 Å². The van der Waals surface area contributed by atoms with Gasteiger partial charge < -0.3 is 20.4 Å². The zero-order chi connectivity index (χ0) is 17.4. The molecule has 1 saturated heterocycles. The van der Waals surface area contributed by atoms with E-state index in [4.69, 9.17) is 22.1 Å². The number of nitrogens with two attached hydrogens (primary N) is 1. The average Bonchev–Trinajstić information content (AvgIpc) is 3.23. The van der Waals surface area contributed by atoms with Crippen molar-refractivity contribution in [3.05, 3.63) is 40.8 Å². The van der Waals surface area contributed by atoms with E-state index >= 15 is 0 Å². The van der Waals surface area contributed by atoms with Crippen LogP contribution in [-0.4, -0.2) is 40.2 Å². The smallest absolute Gasteiger partial charge is 0.222 e. The van der Waals surface area contributed by atoms with Crippen LogP contribution in [0.15, 0.2) is 24.3 Å². The van der Waals surface area contributed by atoms with E-state index < -0.39 is 0 Å². The molecular weight excluding hydrogens is 340 g/mol. The molecule has 3 heterocycles. The summed E-state index contributed by atoms with van der Waals surface area (Å²) in [6.45, 7) is 2.02. The van der Waals surface area contributed by atoms with Gasteiger partial charge in [0.1, 0.15) is 11.6 Å². The Balaban J connectivity index is 1.58. The fourth-order valence-corrected chi connectivity index (χ4v) is 3.23. The maximum Gasteiger partial charge on any atom is 0.222 e. The summed E-state index contributed by atoms with van der Waals surface area (Å²) in [4.78, 5) is 18.6. The lowest BCUT2D eigenvalue weighted by Crippen LogP contribution is -2.20. The maximum atomic E-state index is 6.03. The van der Waals surface area contributed by atoms with Gasteiger partial charge in [-0.15, -0.1) is 0 Å². The number of halogens is 1. The molecule has 4 rings (SSSR count). The molecule has 25 heavy (non-hydrogen) atoms. The minimum Gasteiger partial charge on any atom is -0.381 e.